The summed E-state index contributed by atoms with van der Waals surface area (Å²) in [5.74, 6) is -0.367. The minimum Gasteiger partial charge on any atom is -0.478 e. The van der Waals surface area contributed by atoms with Crippen LogP contribution in [0.4, 0.5) is 5.82 Å². The van der Waals surface area contributed by atoms with E-state index in [2.05, 4.69) is 10.3 Å². The van der Waals surface area contributed by atoms with Crippen LogP contribution >= 0.6 is 11.6 Å². The molecule has 0 amide bonds. The predicted molar refractivity (Wildman–Crippen MR) is 74.8 cm³/mol. The molecule has 1 rings (SSSR count). The molecule has 0 saturated heterocycles. The average molecular weight is 287 g/mol. The van der Waals surface area contributed by atoms with Crippen LogP contribution in [0.1, 0.15) is 37.6 Å². The van der Waals surface area contributed by atoms with Crippen LogP contribution in [0, 0.1) is 5.92 Å². The quantitative estimate of drug-likeness (QED) is 0.700. The molecule has 1 unspecified atom stereocenters. The van der Waals surface area contributed by atoms with E-state index in [4.69, 9.17) is 16.7 Å². The van der Waals surface area contributed by atoms with Gasteiger partial charge in [-0.1, -0.05) is 25.4 Å². The molecule has 0 aromatic carbocycles. The summed E-state index contributed by atoms with van der Waals surface area (Å²) in [6.45, 7) is 6.05. The lowest BCUT2D eigenvalue weighted by molar-refractivity contribution is 0.0514. The molecule has 0 aliphatic carbocycles. The largest absolute Gasteiger partial charge is 0.478 e. The maximum atomic E-state index is 10.9. The van der Waals surface area contributed by atoms with Crippen LogP contribution in [-0.4, -0.2) is 33.3 Å². The molecule has 0 bridgehead atoms. The van der Waals surface area contributed by atoms with E-state index in [1.807, 2.05) is 13.8 Å². The Morgan fingerprint density at radius 3 is 2.68 bits per heavy atom. The Balaban J connectivity index is 2.75. The molecule has 3 N–H and O–H groups in total. The summed E-state index contributed by atoms with van der Waals surface area (Å²) in [5.41, 5.74) is -0.826. The molecular formula is C13H19ClN2O3. The maximum Gasteiger partial charge on any atom is 0.335 e. The van der Waals surface area contributed by atoms with E-state index in [0.29, 0.717) is 18.2 Å². The number of anilines is 1. The minimum absolute atomic E-state index is 0.0611. The number of carbonyl (C=O) groups is 1. The van der Waals surface area contributed by atoms with Gasteiger partial charge in [-0.3, -0.25) is 0 Å². The molecule has 5 nitrogen and oxygen atoms in total. The fraction of sp³-hybridized carbons (Fsp3) is 0.538. The van der Waals surface area contributed by atoms with Crippen molar-refractivity contribution in [1.82, 2.24) is 4.98 Å². The van der Waals surface area contributed by atoms with E-state index in [0.717, 1.165) is 0 Å². The summed E-state index contributed by atoms with van der Waals surface area (Å²) < 4.78 is 0. The fourth-order valence-corrected chi connectivity index (χ4v) is 2.15. The lowest BCUT2D eigenvalue weighted by atomic mass is 9.94. The van der Waals surface area contributed by atoms with Gasteiger partial charge in [0.2, 0.25) is 0 Å². The Morgan fingerprint density at radius 2 is 2.16 bits per heavy atom. The molecule has 6 heteroatoms. The third-order valence-corrected chi connectivity index (χ3v) is 2.73. The number of carboxylic acids is 1. The van der Waals surface area contributed by atoms with Crippen LogP contribution < -0.4 is 5.32 Å². The number of rotatable bonds is 6. The topological polar surface area (TPSA) is 82.5 Å². The highest BCUT2D eigenvalue weighted by Gasteiger charge is 2.22. The normalized spacial score (nSPS) is 14.2. The van der Waals surface area contributed by atoms with Crippen LogP contribution in [0.25, 0.3) is 0 Å². The SMILES string of the molecule is CC(C)CC(C)(O)CNc1cc(C(=O)O)cc(Cl)n1. The molecule has 0 aliphatic heterocycles. The summed E-state index contributed by atoms with van der Waals surface area (Å²) >= 11 is 5.75. The highest BCUT2D eigenvalue weighted by Crippen LogP contribution is 2.19. The van der Waals surface area contributed by atoms with Crippen molar-refractivity contribution < 1.29 is 15.0 Å². The lowest BCUT2D eigenvalue weighted by Gasteiger charge is -2.25. The molecule has 0 spiro atoms. The second kappa shape index (κ2) is 6.21. The van der Waals surface area contributed by atoms with E-state index in [-0.39, 0.29) is 17.3 Å². The maximum absolute atomic E-state index is 10.9. The monoisotopic (exact) mass is 286 g/mol. The summed E-state index contributed by atoms with van der Waals surface area (Å²) in [6, 6.07) is 2.67. The standard InChI is InChI=1S/C13H19ClN2O3/c1-8(2)6-13(3,19)7-15-11-5-9(12(17)18)4-10(14)16-11/h4-5,8,19H,6-7H2,1-3H3,(H,15,16)(H,17,18). The molecule has 0 saturated carbocycles. The fourth-order valence-electron chi connectivity index (χ4n) is 1.94. The van der Waals surface area contributed by atoms with E-state index in [1.165, 1.54) is 12.1 Å². The highest BCUT2D eigenvalue weighted by atomic mass is 35.5. The van der Waals surface area contributed by atoms with Gasteiger partial charge >= 0.3 is 5.97 Å². The molecular weight excluding hydrogens is 268 g/mol. The van der Waals surface area contributed by atoms with Gasteiger partial charge in [-0.05, 0) is 31.4 Å². The van der Waals surface area contributed by atoms with Crippen molar-refractivity contribution in [3.63, 3.8) is 0 Å². The number of halogens is 1. The van der Waals surface area contributed by atoms with E-state index in [9.17, 15) is 9.90 Å². The number of aromatic carboxylic acids is 1. The summed E-state index contributed by atoms with van der Waals surface area (Å²) in [4.78, 5) is 14.9. The first-order chi connectivity index (χ1) is 8.69. The van der Waals surface area contributed by atoms with Crippen LogP contribution in [0.2, 0.25) is 5.15 Å². The van der Waals surface area contributed by atoms with Crippen molar-refractivity contribution >= 4 is 23.4 Å². The van der Waals surface area contributed by atoms with E-state index >= 15 is 0 Å². The van der Waals surface area contributed by atoms with Crippen molar-refractivity contribution in [1.29, 1.82) is 0 Å². The lowest BCUT2D eigenvalue weighted by Crippen LogP contribution is -2.35. The van der Waals surface area contributed by atoms with Crippen LogP contribution in [-0.2, 0) is 0 Å². The minimum atomic E-state index is -1.07. The number of hydrogen-bond donors (Lipinski definition) is 3. The summed E-state index contributed by atoms with van der Waals surface area (Å²) in [5, 5.41) is 22.1. The average Bonchev–Trinajstić information content (AvgIpc) is 2.24. The van der Waals surface area contributed by atoms with E-state index < -0.39 is 11.6 Å². The third kappa shape index (κ3) is 5.44. The third-order valence-electron chi connectivity index (χ3n) is 2.54. The van der Waals surface area contributed by atoms with Gasteiger partial charge in [-0.15, -0.1) is 0 Å². The van der Waals surface area contributed by atoms with Gasteiger partial charge in [0.15, 0.2) is 0 Å². The first kappa shape index (κ1) is 15.7. The first-order valence-electron chi connectivity index (χ1n) is 6.07. The highest BCUT2D eigenvalue weighted by molar-refractivity contribution is 6.29. The summed E-state index contributed by atoms with van der Waals surface area (Å²) in [6.07, 6.45) is 0.631. The van der Waals surface area contributed by atoms with Gasteiger partial charge in [0.05, 0.1) is 11.2 Å². The van der Waals surface area contributed by atoms with Gasteiger partial charge in [-0.2, -0.15) is 0 Å². The molecule has 0 fully saturated rings. The van der Waals surface area contributed by atoms with Gasteiger partial charge in [0, 0.05) is 6.54 Å². The molecule has 1 heterocycles. The molecule has 0 radical (unpaired) electrons. The number of nitrogens with one attached hydrogen (secondary N) is 1. The number of hydrogen-bond acceptors (Lipinski definition) is 4. The predicted octanol–water partition coefficient (Wildman–Crippen LogP) is 2.64. The Kier molecular flexibility index (Phi) is 5.14. The van der Waals surface area contributed by atoms with E-state index in [1.54, 1.807) is 6.92 Å². The summed E-state index contributed by atoms with van der Waals surface area (Å²) in [7, 11) is 0. The van der Waals surface area contributed by atoms with Crippen molar-refractivity contribution in [2.24, 2.45) is 5.92 Å². The first-order valence-corrected chi connectivity index (χ1v) is 6.44. The Labute approximate surface area is 117 Å². The number of aliphatic hydroxyl groups is 1. The number of nitrogens with zero attached hydrogens (tertiary/aromatic N) is 1. The van der Waals surface area contributed by atoms with Gasteiger partial charge in [0.1, 0.15) is 11.0 Å². The van der Waals surface area contributed by atoms with Crippen molar-refractivity contribution in [2.45, 2.75) is 32.8 Å². The second-order valence-corrected chi connectivity index (χ2v) is 5.70. The molecule has 0 aliphatic rings. The second-order valence-electron chi connectivity index (χ2n) is 5.32. The Bertz CT molecular complexity index is 461. The molecule has 106 valence electrons. The number of carboxylic acid groups (broad SMARTS) is 1. The van der Waals surface area contributed by atoms with Crippen molar-refractivity contribution in [2.75, 3.05) is 11.9 Å². The molecule has 1 atom stereocenters. The molecule has 1 aromatic heterocycles. The molecule has 1 aromatic rings. The van der Waals surface area contributed by atoms with Gasteiger partial charge in [-0.25, -0.2) is 9.78 Å². The zero-order chi connectivity index (χ0) is 14.6. The zero-order valence-corrected chi connectivity index (χ0v) is 12.0. The van der Waals surface area contributed by atoms with Crippen LogP contribution in [0.15, 0.2) is 12.1 Å². The Hall–Kier alpha value is -1.33. The number of pyridine rings is 1. The van der Waals surface area contributed by atoms with Crippen LogP contribution in [0.5, 0.6) is 0 Å². The number of aromatic nitrogens is 1. The Morgan fingerprint density at radius 1 is 1.53 bits per heavy atom. The molecule has 19 heavy (non-hydrogen) atoms. The van der Waals surface area contributed by atoms with Crippen LogP contribution in [0.3, 0.4) is 0 Å². The zero-order valence-electron chi connectivity index (χ0n) is 11.3. The van der Waals surface area contributed by atoms with Gasteiger partial charge in [0.25, 0.3) is 0 Å². The smallest absolute Gasteiger partial charge is 0.335 e. The van der Waals surface area contributed by atoms with Crippen molar-refractivity contribution in [3.8, 4) is 0 Å². The van der Waals surface area contributed by atoms with Crippen molar-refractivity contribution in [3.05, 3.63) is 22.8 Å². The van der Waals surface area contributed by atoms with Gasteiger partial charge < -0.3 is 15.5 Å².